The molecular formula is C22H17N3O2. The summed E-state index contributed by atoms with van der Waals surface area (Å²) in [6.07, 6.45) is 3.61. The summed E-state index contributed by atoms with van der Waals surface area (Å²) in [4.78, 5) is 12.3. The molecule has 5 heteroatoms. The molecule has 1 fully saturated rings. The van der Waals surface area contributed by atoms with Crippen LogP contribution in [0.5, 0.6) is 17.2 Å². The standard InChI is InChI=1S/C22H17N3O2/c1-12-2-4-16-17(10-12)25-22(24-16)20-19-15-11-14(3-5-18(15)27-21(19)20)26-13-6-8-23-9-7-13/h2-11,19-21H,1H3,(H,24,25). The average molecular weight is 355 g/mol. The third-order valence-corrected chi connectivity index (χ3v) is 5.41. The Balaban J connectivity index is 1.30. The van der Waals surface area contributed by atoms with E-state index in [2.05, 4.69) is 41.2 Å². The number of hydrogen-bond donors (Lipinski definition) is 1. The molecule has 0 bridgehead atoms. The molecule has 1 N–H and O–H groups in total. The predicted octanol–water partition coefficient (Wildman–Crippen LogP) is 4.70. The monoisotopic (exact) mass is 355 g/mol. The van der Waals surface area contributed by atoms with Crippen LogP contribution in [0.15, 0.2) is 60.9 Å². The molecule has 6 rings (SSSR count). The van der Waals surface area contributed by atoms with Gasteiger partial charge in [-0.15, -0.1) is 0 Å². The Morgan fingerprint density at radius 3 is 2.74 bits per heavy atom. The number of pyridine rings is 1. The fraction of sp³-hybridized carbons (Fsp3) is 0.182. The summed E-state index contributed by atoms with van der Waals surface area (Å²) >= 11 is 0. The zero-order valence-corrected chi connectivity index (χ0v) is 14.7. The van der Waals surface area contributed by atoms with Gasteiger partial charge in [-0.2, -0.15) is 0 Å². The van der Waals surface area contributed by atoms with E-state index < -0.39 is 0 Å². The second kappa shape index (κ2) is 5.33. The van der Waals surface area contributed by atoms with Gasteiger partial charge in [-0.1, -0.05) is 6.07 Å². The number of ether oxygens (including phenoxy) is 2. The highest BCUT2D eigenvalue weighted by Crippen LogP contribution is 2.63. The van der Waals surface area contributed by atoms with E-state index in [4.69, 9.17) is 14.5 Å². The number of rotatable bonds is 3. The van der Waals surface area contributed by atoms with Crippen LogP contribution < -0.4 is 9.47 Å². The molecule has 1 aliphatic carbocycles. The minimum absolute atomic E-state index is 0.165. The molecule has 4 aromatic rings. The molecule has 27 heavy (non-hydrogen) atoms. The average Bonchev–Trinajstić information content (AvgIpc) is 3.04. The van der Waals surface area contributed by atoms with Crippen LogP contribution in [0.1, 0.15) is 28.8 Å². The Morgan fingerprint density at radius 2 is 1.85 bits per heavy atom. The van der Waals surface area contributed by atoms with Crippen LogP contribution in [0.4, 0.5) is 0 Å². The highest BCUT2D eigenvalue weighted by atomic mass is 16.5. The van der Waals surface area contributed by atoms with Gasteiger partial charge < -0.3 is 14.5 Å². The van der Waals surface area contributed by atoms with Crippen LogP contribution >= 0.6 is 0 Å². The van der Waals surface area contributed by atoms with Crippen molar-refractivity contribution in [2.75, 3.05) is 0 Å². The van der Waals surface area contributed by atoms with Crippen LogP contribution in [0.3, 0.4) is 0 Å². The van der Waals surface area contributed by atoms with Crippen molar-refractivity contribution in [1.29, 1.82) is 0 Å². The minimum atomic E-state index is 0.165. The van der Waals surface area contributed by atoms with Gasteiger partial charge in [-0.25, -0.2) is 4.98 Å². The molecule has 132 valence electrons. The Hall–Kier alpha value is -3.34. The highest BCUT2D eigenvalue weighted by Gasteiger charge is 2.61. The third-order valence-electron chi connectivity index (χ3n) is 5.41. The molecule has 0 spiro atoms. The van der Waals surface area contributed by atoms with Crippen molar-refractivity contribution >= 4 is 11.0 Å². The van der Waals surface area contributed by atoms with E-state index in [1.54, 1.807) is 12.4 Å². The van der Waals surface area contributed by atoms with Gasteiger partial charge in [0.05, 0.1) is 17.0 Å². The van der Waals surface area contributed by atoms with Crippen molar-refractivity contribution in [2.24, 2.45) is 0 Å². The second-order valence-corrected chi connectivity index (χ2v) is 7.26. The molecule has 3 heterocycles. The second-order valence-electron chi connectivity index (χ2n) is 7.26. The number of imidazole rings is 1. The van der Waals surface area contributed by atoms with Gasteiger partial charge in [0.25, 0.3) is 0 Å². The first kappa shape index (κ1) is 14.8. The topological polar surface area (TPSA) is 60.0 Å². The van der Waals surface area contributed by atoms with Crippen LogP contribution in [-0.2, 0) is 0 Å². The van der Waals surface area contributed by atoms with Crippen molar-refractivity contribution in [2.45, 2.75) is 24.9 Å². The van der Waals surface area contributed by atoms with Crippen molar-refractivity contribution in [3.05, 3.63) is 77.9 Å². The number of aromatic amines is 1. The maximum atomic E-state index is 6.15. The van der Waals surface area contributed by atoms with E-state index in [1.807, 2.05) is 24.3 Å². The number of nitrogens with one attached hydrogen (secondary N) is 1. The first-order valence-corrected chi connectivity index (χ1v) is 9.11. The Kier molecular flexibility index (Phi) is 2.92. The number of aromatic nitrogens is 3. The maximum absolute atomic E-state index is 6.15. The molecule has 2 aromatic heterocycles. The Labute approximate surface area is 156 Å². The van der Waals surface area contributed by atoms with Crippen LogP contribution in [-0.4, -0.2) is 21.1 Å². The first-order chi connectivity index (χ1) is 13.3. The van der Waals surface area contributed by atoms with Crippen molar-refractivity contribution in [3.8, 4) is 17.2 Å². The lowest BCUT2D eigenvalue weighted by Gasteiger charge is -2.10. The Bertz CT molecular complexity index is 1170. The summed E-state index contributed by atoms with van der Waals surface area (Å²) in [6, 6.07) is 16.0. The van der Waals surface area contributed by atoms with Gasteiger partial charge in [0.1, 0.15) is 29.2 Å². The zero-order chi connectivity index (χ0) is 18.0. The lowest BCUT2D eigenvalue weighted by atomic mass is 10.1. The van der Waals surface area contributed by atoms with Gasteiger partial charge in [0.15, 0.2) is 0 Å². The van der Waals surface area contributed by atoms with E-state index >= 15 is 0 Å². The molecule has 2 aliphatic rings. The molecule has 3 atom stereocenters. The van der Waals surface area contributed by atoms with E-state index in [9.17, 15) is 0 Å². The normalized spacial score (nSPS) is 22.2. The van der Waals surface area contributed by atoms with Gasteiger partial charge in [-0.3, -0.25) is 4.98 Å². The van der Waals surface area contributed by atoms with E-state index in [0.29, 0.717) is 5.92 Å². The van der Waals surface area contributed by atoms with E-state index in [0.717, 1.165) is 34.1 Å². The summed E-state index contributed by atoms with van der Waals surface area (Å²) in [5, 5.41) is 0. The van der Waals surface area contributed by atoms with Crippen molar-refractivity contribution in [1.82, 2.24) is 15.0 Å². The minimum Gasteiger partial charge on any atom is -0.489 e. The molecule has 1 saturated carbocycles. The molecule has 2 aromatic carbocycles. The number of hydrogen-bond acceptors (Lipinski definition) is 4. The fourth-order valence-electron chi connectivity index (χ4n) is 4.07. The molecular weight excluding hydrogens is 338 g/mol. The third kappa shape index (κ3) is 2.31. The number of aryl methyl sites for hydroxylation is 1. The fourth-order valence-corrected chi connectivity index (χ4v) is 4.07. The Morgan fingerprint density at radius 1 is 0.963 bits per heavy atom. The summed E-state index contributed by atoms with van der Waals surface area (Å²) in [5.41, 5.74) is 4.53. The van der Waals surface area contributed by atoms with Crippen LogP contribution in [0.2, 0.25) is 0 Å². The zero-order valence-electron chi connectivity index (χ0n) is 14.7. The van der Waals surface area contributed by atoms with Gasteiger partial charge in [-0.05, 0) is 55.0 Å². The number of fused-ring (bicyclic) bond motifs is 4. The summed E-state index contributed by atoms with van der Waals surface area (Å²) in [6.45, 7) is 2.09. The SMILES string of the molecule is Cc1ccc2nc(C3C4Oc5ccc(Oc6ccncc6)cc5C43)[nH]c2c1. The molecule has 5 nitrogen and oxygen atoms in total. The molecule has 1 aliphatic heterocycles. The quantitative estimate of drug-likeness (QED) is 0.579. The summed E-state index contributed by atoms with van der Waals surface area (Å²) in [5.74, 6) is 4.17. The first-order valence-electron chi connectivity index (χ1n) is 9.11. The highest BCUT2D eigenvalue weighted by molar-refractivity contribution is 5.76. The molecule has 3 unspecified atom stereocenters. The maximum Gasteiger partial charge on any atom is 0.130 e. The summed E-state index contributed by atoms with van der Waals surface area (Å²) < 4.78 is 12.1. The van der Waals surface area contributed by atoms with Crippen molar-refractivity contribution < 1.29 is 9.47 Å². The van der Waals surface area contributed by atoms with Crippen LogP contribution in [0, 0.1) is 6.92 Å². The molecule has 0 amide bonds. The summed E-state index contributed by atoms with van der Waals surface area (Å²) in [7, 11) is 0. The predicted molar refractivity (Wildman–Crippen MR) is 101 cm³/mol. The lowest BCUT2D eigenvalue weighted by Crippen LogP contribution is -2.00. The van der Waals surface area contributed by atoms with Gasteiger partial charge in [0, 0.05) is 23.9 Å². The van der Waals surface area contributed by atoms with E-state index in [1.165, 1.54) is 11.1 Å². The number of H-pyrrole nitrogens is 1. The number of benzene rings is 2. The van der Waals surface area contributed by atoms with Crippen molar-refractivity contribution in [3.63, 3.8) is 0 Å². The largest absolute Gasteiger partial charge is 0.489 e. The molecule has 0 saturated heterocycles. The number of nitrogens with zero attached hydrogens (tertiary/aromatic N) is 2. The van der Waals surface area contributed by atoms with Gasteiger partial charge >= 0.3 is 0 Å². The smallest absolute Gasteiger partial charge is 0.130 e. The van der Waals surface area contributed by atoms with E-state index in [-0.39, 0.29) is 12.0 Å². The molecule has 0 radical (unpaired) electrons. The van der Waals surface area contributed by atoms with Crippen LogP contribution in [0.25, 0.3) is 11.0 Å². The van der Waals surface area contributed by atoms with Gasteiger partial charge in [0.2, 0.25) is 0 Å². The lowest BCUT2D eigenvalue weighted by molar-refractivity contribution is 0.308.